The van der Waals surface area contributed by atoms with Gasteiger partial charge in [-0.05, 0) is 65.8 Å². The summed E-state index contributed by atoms with van der Waals surface area (Å²) in [6.07, 6.45) is 1.77. The van der Waals surface area contributed by atoms with Gasteiger partial charge in [0.1, 0.15) is 0 Å². The molecule has 0 saturated heterocycles. The summed E-state index contributed by atoms with van der Waals surface area (Å²) in [5.74, 6) is 0. The third-order valence-electron chi connectivity index (χ3n) is 3.36. The zero-order valence-corrected chi connectivity index (χ0v) is 15.5. The van der Waals surface area contributed by atoms with Crippen molar-refractivity contribution in [3.8, 4) is 0 Å². The summed E-state index contributed by atoms with van der Waals surface area (Å²) < 4.78 is 4.33. The van der Waals surface area contributed by atoms with E-state index in [9.17, 15) is 0 Å². The summed E-state index contributed by atoms with van der Waals surface area (Å²) in [5.41, 5.74) is 9.89. The third kappa shape index (κ3) is 3.62. The molecule has 0 saturated carbocycles. The molecule has 1 aromatic heterocycles. The minimum Gasteiger partial charge on any atom is -0.324 e. The molecule has 5 heteroatoms. The number of hydrogen-bond donors (Lipinski definition) is 1. The van der Waals surface area contributed by atoms with Gasteiger partial charge >= 0.3 is 0 Å². The van der Waals surface area contributed by atoms with Gasteiger partial charge in [-0.1, -0.05) is 22.9 Å². The van der Waals surface area contributed by atoms with Crippen molar-refractivity contribution in [3.05, 3.63) is 49.3 Å². The van der Waals surface area contributed by atoms with E-state index in [2.05, 4.69) is 86.4 Å². The summed E-state index contributed by atoms with van der Waals surface area (Å²) in [4.78, 5) is 0. The maximum absolute atomic E-state index is 6.40. The number of aryl methyl sites for hydroxylation is 2. The molecule has 1 aromatic carbocycles. The average molecular weight is 448 g/mol. The SMILES string of the molecule is CCc1cc(CC(N)c2cc(I)ccc2Br)n(CC)n1. The van der Waals surface area contributed by atoms with Crippen molar-refractivity contribution >= 4 is 38.5 Å². The molecule has 0 fully saturated rings. The maximum atomic E-state index is 6.40. The fourth-order valence-corrected chi connectivity index (χ4v) is 3.32. The Bertz CT molecular complexity index is 595. The molecule has 0 radical (unpaired) electrons. The van der Waals surface area contributed by atoms with Crippen LogP contribution in [0.3, 0.4) is 0 Å². The Hall–Kier alpha value is -0.400. The van der Waals surface area contributed by atoms with E-state index < -0.39 is 0 Å². The second-order valence-corrected chi connectivity index (χ2v) is 6.87. The van der Waals surface area contributed by atoms with Crippen LogP contribution in [0.1, 0.15) is 36.8 Å². The molecule has 108 valence electrons. The first-order chi connectivity index (χ1) is 9.55. The van der Waals surface area contributed by atoms with Crippen LogP contribution in [0.5, 0.6) is 0 Å². The Morgan fingerprint density at radius 1 is 1.35 bits per heavy atom. The minimum absolute atomic E-state index is 0.0224. The summed E-state index contributed by atoms with van der Waals surface area (Å²) in [6, 6.07) is 8.43. The fourth-order valence-electron chi connectivity index (χ4n) is 2.26. The number of halogens is 2. The van der Waals surface area contributed by atoms with Crippen molar-refractivity contribution < 1.29 is 0 Å². The van der Waals surface area contributed by atoms with Crippen LogP contribution >= 0.6 is 38.5 Å². The van der Waals surface area contributed by atoms with E-state index in [0.29, 0.717) is 0 Å². The molecule has 20 heavy (non-hydrogen) atoms. The van der Waals surface area contributed by atoms with Crippen molar-refractivity contribution in [3.63, 3.8) is 0 Å². The van der Waals surface area contributed by atoms with Gasteiger partial charge in [-0.3, -0.25) is 4.68 Å². The Labute approximate surface area is 142 Å². The molecule has 0 spiro atoms. The summed E-state index contributed by atoms with van der Waals surface area (Å²) >= 11 is 5.91. The molecule has 3 nitrogen and oxygen atoms in total. The number of benzene rings is 1. The van der Waals surface area contributed by atoms with Crippen molar-refractivity contribution in [1.82, 2.24) is 9.78 Å². The molecule has 0 bridgehead atoms. The largest absolute Gasteiger partial charge is 0.324 e. The molecule has 0 aliphatic heterocycles. The lowest BCUT2D eigenvalue weighted by Gasteiger charge is -2.15. The fraction of sp³-hybridized carbons (Fsp3) is 0.400. The molecule has 1 atom stereocenters. The molecular formula is C15H19BrIN3. The second kappa shape index (κ2) is 7.04. The van der Waals surface area contributed by atoms with Crippen molar-refractivity contribution in [2.75, 3.05) is 0 Å². The highest BCUT2D eigenvalue weighted by Crippen LogP contribution is 2.26. The standard InChI is InChI=1S/C15H19BrIN3/c1-3-11-8-12(20(4-2)19-11)9-15(18)13-7-10(17)5-6-14(13)16/h5-8,15H,3-4,9,18H2,1-2H3. The van der Waals surface area contributed by atoms with E-state index in [1.165, 1.54) is 9.26 Å². The first-order valence-electron chi connectivity index (χ1n) is 6.81. The predicted molar refractivity (Wildman–Crippen MR) is 94.8 cm³/mol. The Morgan fingerprint density at radius 2 is 2.10 bits per heavy atom. The molecule has 2 rings (SSSR count). The van der Waals surface area contributed by atoms with E-state index in [-0.39, 0.29) is 6.04 Å². The third-order valence-corrected chi connectivity index (χ3v) is 4.76. The number of rotatable bonds is 5. The summed E-state index contributed by atoms with van der Waals surface area (Å²) in [6.45, 7) is 5.13. The molecule has 0 aliphatic rings. The summed E-state index contributed by atoms with van der Waals surface area (Å²) in [5, 5.41) is 4.58. The molecule has 1 unspecified atom stereocenters. The number of nitrogens with two attached hydrogens (primary N) is 1. The first-order valence-corrected chi connectivity index (χ1v) is 8.68. The number of hydrogen-bond acceptors (Lipinski definition) is 2. The monoisotopic (exact) mass is 447 g/mol. The highest BCUT2D eigenvalue weighted by atomic mass is 127. The Morgan fingerprint density at radius 3 is 2.75 bits per heavy atom. The second-order valence-electron chi connectivity index (χ2n) is 4.77. The molecular weight excluding hydrogens is 429 g/mol. The molecule has 1 heterocycles. The van der Waals surface area contributed by atoms with Crippen LogP contribution < -0.4 is 5.73 Å². The highest BCUT2D eigenvalue weighted by Gasteiger charge is 2.15. The van der Waals surface area contributed by atoms with Crippen LogP contribution in [0.4, 0.5) is 0 Å². The zero-order valence-electron chi connectivity index (χ0n) is 11.7. The van der Waals surface area contributed by atoms with Gasteiger partial charge < -0.3 is 5.73 Å². The van der Waals surface area contributed by atoms with E-state index in [1.54, 1.807) is 0 Å². The van der Waals surface area contributed by atoms with E-state index in [4.69, 9.17) is 5.73 Å². The van der Waals surface area contributed by atoms with E-state index in [0.717, 1.165) is 35.1 Å². The quantitative estimate of drug-likeness (QED) is 0.702. The van der Waals surface area contributed by atoms with Crippen molar-refractivity contribution in [2.24, 2.45) is 5.73 Å². The van der Waals surface area contributed by atoms with E-state index >= 15 is 0 Å². The lowest BCUT2D eigenvalue weighted by atomic mass is 10.0. The molecule has 0 aliphatic carbocycles. The molecule has 2 aromatic rings. The minimum atomic E-state index is -0.0224. The van der Waals surface area contributed by atoms with Crippen LogP contribution in [0.15, 0.2) is 28.7 Å². The summed E-state index contributed by atoms with van der Waals surface area (Å²) in [7, 11) is 0. The molecule has 2 N–H and O–H groups in total. The zero-order chi connectivity index (χ0) is 14.7. The highest BCUT2D eigenvalue weighted by molar-refractivity contribution is 14.1. The first kappa shape index (κ1) is 16.0. The topological polar surface area (TPSA) is 43.8 Å². The van der Waals surface area contributed by atoms with Gasteiger partial charge in [0, 0.05) is 32.7 Å². The van der Waals surface area contributed by atoms with Crippen LogP contribution in [0.2, 0.25) is 0 Å². The van der Waals surface area contributed by atoms with Gasteiger partial charge in [0.25, 0.3) is 0 Å². The van der Waals surface area contributed by atoms with E-state index in [1.807, 2.05) is 0 Å². The van der Waals surface area contributed by atoms with Gasteiger partial charge in [-0.15, -0.1) is 0 Å². The van der Waals surface area contributed by atoms with Gasteiger partial charge in [-0.25, -0.2) is 0 Å². The maximum Gasteiger partial charge on any atom is 0.0624 e. The number of aromatic nitrogens is 2. The predicted octanol–water partition coefficient (Wildman–Crippen LogP) is 4.08. The van der Waals surface area contributed by atoms with Crippen LogP contribution in [-0.4, -0.2) is 9.78 Å². The average Bonchev–Trinajstić information content (AvgIpc) is 2.83. The lowest BCUT2D eigenvalue weighted by Crippen LogP contribution is -2.16. The van der Waals surface area contributed by atoms with Crippen molar-refractivity contribution in [1.29, 1.82) is 0 Å². The lowest BCUT2D eigenvalue weighted by molar-refractivity contribution is 0.584. The number of nitrogens with zero attached hydrogens (tertiary/aromatic N) is 2. The van der Waals surface area contributed by atoms with Gasteiger partial charge in [-0.2, -0.15) is 5.10 Å². The van der Waals surface area contributed by atoms with Crippen LogP contribution in [0, 0.1) is 3.57 Å². The van der Waals surface area contributed by atoms with Gasteiger partial charge in [0.15, 0.2) is 0 Å². The Kier molecular flexibility index (Phi) is 5.63. The smallest absolute Gasteiger partial charge is 0.0624 e. The Balaban J connectivity index is 2.24. The van der Waals surface area contributed by atoms with Crippen molar-refractivity contribution in [2.45, 2.75) is 39.3 Å². The molecule has 0 amide bonds. The van der Waals surface area contributed by atoms with Crippen LogP contribution in [-0.2, 0) is 19.4 Å². The van der Waals surface area contributed by atoms with Crippen LogP contribution in [0.25, 0.3) is 0 Å². The normalized spacial score (nSPS) is 12.7. The van der Waals surface area contributed by atoms with Gasteiger partial charge in [0.2, 0.25) is 0 Å². The van der Waals surface area contributed by atoms with Gasteiger partial charge in [0.05, 0.1) is 5.69 Å².